The minimum Gasteiger partial charge on any atom is -0.448 e. The second kappa shape index (κ2) is 6.01. The van der Waals surface area contributed by atoms with Gasteiger partial charge in [0.2, 0.25) is 5.91 Å². The number of carbonyl (C=O) groups is 2. The van der Waals surface area contributed by atoms with Gasteiger partial charge in [0.05, 0.1) is 12.1 Å². The van der Waals surface area contributed by atoms with Crippen LogP contribution in [0.15, 0.2) is 36.5 Å². The van der Waals surface area contributed by atoms with Crippen LogP contribution < -0.4 is 0 Å². The first-order chi connectivity index (χ1) is 10.6. The zero-order valence-electron chi connectivity index (χ0n) is 12.4. The van der Waals surface area contributed by atoms with Crippen LogP contribution in [0, 0.1) is 0 Å². The number of rotatable bonds is 4. The highest BCUT2D eigenvalue weighted by molar-refractivity contribution is 5.84. The molecule has 2 heterocycles. The van der Waals surface area contributed by atoms with E-state index in [9.17, 15) is 9.59 Å². The molecule has 1 aliphatic rings. The van der Waals surface area contributed by atoms with E-state index in [4.69, 9.17) is 4.74 Å². The Labute approximate surface area is 128 Å². The number of ether oxygens (including phenoxy) is 1. The van der Waals surface area contributed by atoms with Crippen molar-refractivity contribution in [2.24, 2.45) is 0 Å². The number of benzene rings is 1. The number of carbonyl (C=O) groups excluding carboxylic acids is 2. The summed E-state index contributed by atoms with van der Waals surface area (Å²) >= 11 is 0. The Hall–Kier alpha value is -2.63. The number of aromatic nitrogens is 1. The zero-order valence-corrected chi connectivity index (χ0v) is 12.4. The molecule has 3 rings (SSSR count). The standard InChI is InChI=1S/C16H17N3O3/c1-18(15(20)11-19-8-9-22-16(19)21)10-12-4-2-6-14-13(12)5-3-7-17-14/h2-7H,8-11H2,1H3. The molecule has 0 N–H and O–H groups in total. The molecule has 0 bridgehead atoms. The van der Waals surface area contributed by atoms with E-state index < -0.39 is 6.09 Å². The molecule has 0 radical (unpaired) electrons. The summed E-state index contributed by atoms with van der Waals surface area (Å²) in [6, 6.07) is 9.74. The molecular weight excluding hydrogens is 282 g/mol. The number of amides is 2. The first kappa shape index (κ1) is 14.3. The average molecular weight is 299 g/mol. The van der Waals surface area contributed by atoms with Crippen LogP contribution >= 0.6 is 0 Å². The summed E-state index contributed by atoms with van der Waals surface area (Å²) in [6.45, 7) is 1.35. The minimum absolute atomic E-state index is 0.0539. The molecule has 22 heavy (non-hydrogen) atoms. The van der Waals surface area contributed by atoms with Gasteiger partial charge < -0.3 is 9.64 Å². The molecule has 2 aromatic rings. The van der Waals surface area contributed by atoms with Gasteiger partial charge in [-0.15, -0.1) is 0 Å². The number of hydrogen-bond acceptors (Lipinski definition) is 4. The van der Waals surface area contributed by atoms with Crippen molar-refractivity contribution in [3.8, 4) is 0 Å². The van der Waals surface area contributed by atoms with Crippen molar-refractivity contribution in [3.63, 3.8) is 0 Å². The summed E-state index contributed by atoms with van der Waals surface area (Å²) in [5.41, 5.74) is 1.94. The lowest BCUT2D eigenvalue weighted by molar-refractivity contribution is -0.130. The number of nitrogens with zero attached hydrogens (tertiary/aromatic N) is 3. The topological polar surface area (TPSA) is 62.7 Å². The summed E-state index contributed by atoms with van der Waals surface area (Å²) in [5.74, 6) is -0.111. The van der Waals surface area contributed by atoms with Crippen molar-refractivity contribution in [1.82, 2.24) is 14.8 Å². The van der Waals surface area contributed by atoms with Crippen molar-refractivity contribution in [1.29, 1.82) is 0 Å². The lowest BCUT2D eigenvalue weighted by Crippen LogP contribution is -2.38. The van der Waals surface area contributed by atoms with Crippen molar-refractivity contribution in [3.05, 3.63) is 42.1 Å². The van der Waals surface area contributed by atoms with Crippen molar-refractivity contribution in [2.75, 3.05) is 26.7 Å². The molecule has 1 saturated heterocycles. The van der Waals surface area contributed by atoms with Gasteiger partial charge >= 0.3 is 6.09 Å². The molecule has 0 atom stereocenters. The number of fused-ring (bicyclic) bond motifs is 1. The summed E-state index contributed by atoms with van der Waals surface area (Å²) < 4.78 is 4.83. The Kier molecular flexibility index (Phi) is 3.91. The monoisotopic (exact) mass is 299 g/mol. The predicted molar refractivity (Wildman–Crippen MR) is 81.1 cm³/mol. The number of hydrogen-bond donors (Lipinski definition) is 0. The molecule has 6 heteroatoms. The summed E-state index contributed by atoms with van der Waals surface area (Å²) in [6.07, 6.45) is 1.33. The van der Waals surface area contributed by atoms with Gasteiger partial charge in [0.1, 0.15) is 13.2 Å². The molecule has 0 saturated carbocycles. The van der Waals surface area contributed by atoms with Crippen LogP contribution in [-0.2, 0) is 16.1 Å². The lowest BCUT2D eigenvalue weighted by Gasteiger charge is -2.21. The summed E-state index contributed by atoms with van der Waals surface area (Å²) in [5, 5.41) is 1.03. The Morgan fingerprint density at radius 3 is 3.00 bits per heavy atom. The van der Waals surface area contributed by atoms with E-state index in [1.54, 1.807) is 18.1 Å². The van der Waals surface area contributed by atoms with Crippen molar-refractivity contribution in [2.45, 2.75) is 6.54 Å². The molecular formula is C16H17N3O3. The molecule has 0 unspecified atom stereocenters. The van der Waals surface area contributed by atoms with Crippen LogP contribution in [0.2, 0.25) is 0 Å². The van der Waals surface area contributed by atoms with Gasteiger partial charge in [-0.2, -0.15) is 0 Å². The molecule has 114 valence electrons. The normalized spacial score (nSPS) is 14.2. The Balaban J connectivity index is 1.71. The Morgan fingerprint density at radius 2 is 2.23 bits per heavy atom. The second-order valence-corrected chi connectivity index (χ2v) is 5.27. The van der Waals surface area contributed by atoms with Crippen LogP contribution in [0.25, 0.3) is 10.9 Å². The quantitative estimate of drug-likeness (QED) is 0.861. The molecule has 0 aliphatic carbocycles. The molecule has 1 aromatic heterocycles. The van der Waals surface area contributed by atoms with Gasteiger partial charge in [0.15, 0.2) is 0 Å². The molecule has 1 fully saturated rings. The van der Waals surface area contributed by atoms with E-state index >= 15 is 0 Å². The van der Waals surface area contributed by atoms with E-state index in [1.807, 2.05) is 30.3 Å². The molecule has 6 nitrogen and oxygen atoms in total. The fourth-order valence-corrected chi connectivity index (χ4v) is 2.50. The average Bonchev–Trinajstić information content (AvgIpc) is 2.93. The van der Waals surface area contributed by atoms with Gasteiger partial charge in [-0.3, -0.25) is 14.7 Å². The lowest BCUT2D eigenvalue weighted by atomic mass is 10.1. The molecule has 1 aliphatic heterocycles. The van der Waals surface area contributed by atoms with Gasteiger partial charge in [0.25, 0.3) is 0 Å². The second-order valence-electron chi connectivity index (χ2n) is 5.27. The Morgan fingerprint density at radius 1 is 1.36 bits per heavy atom. The van der Waals surface area contributed by atoms with E-state index in [1.165, 1.54) is 4.90 Å². The summed E-state index contributed by atoms with van der Waals surface area (Å²) in [4.78, 5) is 31.0. The Bertz CT molecular complexity index is 711. The smallest absolute Gasteiger partial charge is 0.410 e. The molecule has 0 spiro atoms. The largest absolute Gasteiger partial charge is 0.448 e. The van der Waals surface area contributed by atoms with Crippen molar-refractivity contribution >= 4 is 22.9 Å². The number of cyclic esters (lactones) is 1. The van der Waals surface area contributed by atoms with Gasteiger partial charge in [-0.05, 0) is 17.7 Å². The van der Waals surface area contributed by atoms with Gasteiger partial charge in [0, 0.05) is 25.2 Å². The summed E-state index contributed by atoms with van der Waals surface area (Å²) in [7, 11) is 1.74. The minimum atomic E-state index is -0.420. The van der Waals surface area contributed by atoms with E-state index in [0.29, 0.717) is 19.7 Å². The fraction of sp³-hybridized carbons (Fsp3) is 0.312. The van der Waals surface area contributed by atoms with Crippen LogP contribution in [0.1, 0.15) is 5.56 Å². The third-order valence-corrected chi connectivity index (χ3v) is 3.74. The van der Waals surface area contributed by atoms with Gasteiger partial charge in [-0.25, -0.2) is 4.79 Å². The van der Waals surface area contributed by atoms with Gasteiger partial charge in [-0.1, -0.05) is 18.2 Å². The SMILES string of the molecule is CN(Cc1cccc2ncccc12)C(=O)CN1CCOC1=O. The number of pyridine rings is 1. The maximum absolute atomic E-state index is 12.2. The third-order valence-electron chi connectivity index (χ3n) is 3.74. The van der Waals surface area contributed by atoms with Crippen LogP contribution in [-0.4, -0.2) is 53.5 Å². The highest BCUT2D eigenvalue weighted by Gasteiger charge is 2.25. The highest BCUT2D eigenvalue weighted by Crippen LogP contribution is 2.18. The number of likely N-dealkylation sites (N-methyl/N-ethyl adjacent to an activating group) is 1. The maximum Gasteiger partial charge on any atom is 0.410 e. The predicted octanol–water partition coefficient (Wildman–Crippen LogP) is 1.65. The first-order valence-electron chi connectivity index (χ1n) is 7.13. The van der Waals surface area contributed by atoms with E-state index in [-0.39, 0.29) is 12.5 Å². The van der Waals surface area contributed by atoms with Crippen molar-refractivity contribution < 1.29 is 14.3 Å². The fourth-order valence-electron chi connectivity index (χ4n) is 2.50. The molecule has 2 amide bonds. The third kappa shape index (κ3) is 2.86. The van der Waals surface area contributed by atoms with Crippen LogP contribution in [0.3, 0.4) is 0 Å². The highest BCUT2D eigenvalue weighted by atomic mass is 16.6. The molecule has 1 aromatic carbocycles. The maximum atomic E-state index is 12.2. The van der Waals surface area contributed by atoms with Crippen LogP contribution in [0.4, 0.5) is 4.79 Å². The zero-order chi connectivity index (χ0) is 15.5. The van der Waals surface area contributed by atoms with E-state index in [0.717, 1.165) is 16.5 Å². The van der Waals surface area contributed by atoms with E-state index in [2.05, 4.69) is 4.98 Å². The first-order valence-corrected chi connectivity index (χ1v) is 7.13. The van der Waals surface area contributed by atoms with Crippen LogP contribution in [0.5, 0.6) is 0 Å².